The Kier molecular flexibility index (Phi) is 4.91. The van der Waals surface area contributed by atoms with Gasteiger partial charge in [0.05, 0.1) is 25.0 Å². The Labute approximate surface area is 146 Å². The summed E-state index contributed by atoms with van der Waals surface area (Å²) in [5.41, 5.74) is 0.646. The van der Waals surface area contributed by atoms with E-state index in [-0.39, 0.29) is 18.9 Å². The highest BCUT2D eigenvalue weighted by molar-refractivity contribution is 7.88. The van der Waals surface area contributed by atoms with Crippen LogP contribution >= 0.6 is 0 Å². The van der Waals surface area contributed by atoms with Crippen molar-refractivity contribution >= 4 is 21.7 Å². The molecule has 3 rings (SSSR count). The largest absolute Gasteiger partial charge is 0.360 e. The Morgan fingerprint density at radius 3 is 2.88 bits per heavy atom. The third-order valence-corrected chi connectivity index (χ3v) is 5.18. The van der Waals surface area contributed by atoms with Crippen molar-refractivity contribution in [3.05, 3.63) is 29.5 Å². The van der Waals surface area contributed by atoms with E-state index in [9.17, 15) is 13.2 Å². The molecule has 0 spiro atoms. The van der Waals surface area contributed by atoms with Crippen molar-refractivity contribution in [2.24, 2.45) is 0 Å². The number of nitrogens with zero attached hydrogens (tertiary/aromatic N) is 4. The van der Waals surface area contributed by atoms with Crippen LogP contribution in [0.25, 0.3) is 0 Å². The molecule has 0 aliphatic carbocycles. The number of nitrogens with one attached hydrogen (secondary N) is 1. The number of fused-ring (bicyclic) bond motifs is 1. The van der Waals surface area contributed by atoms with Gasteiger partial charge in [0.2, 0.25) is 15.9 Å². The molecule has 1 aliphatic rings. The van der Waals surface area contributed by atoms with E-state index in [0.29, 0.717) is 11.5 Å². The third-order valence-electron chi connectivity index (χ3n) is 3.98. The summed E-state index contributed by atoms with van der Waals surface area (Å²) in [6, 6.07) is 1.56. The normalized spacial score (nSPS) is 14.5. The van der Waals surface area contributed by atoms with Gasteiger partial charge < -0.3 is 14.4 Å². The van der Waals surface area contributed by atoms with Crippen molar-refractivity contribution in [1.82, 2.24) is 19.0 Å². The van der Waals surface area contributed by atoms with E-state index in [2.05, 4.69) is 20.0 Å². The first-order valence-corrected chi connectivity index (χ1v) is 9.89. The van der Waals surface area contributed by atoms with Crippen LogP contribution in [0.15, 0.2) is 16.8 Å². The summed E-state index contributed by atoms with van der Waals surface area (Å²) in [5.74, 6) is 1.30. The minimum atomic E-state index is -3.57. The molecular weight excluding hydrogens is 346 g/mol. The monoisotopic (exact) mass is 367 g/mol. The van der Waals surface area contributed by atoms with Crippen molar-refractivity contribution < 1.29 is 17.7 Å². The molecule has 136 valence electrons. The number of carbonyl (C=O) groups is 1. The number of amides is 1. The number of aromatic nitrogens is 3. The van der Waals surface area contributed by atoms with E-state index in [4.69, 9.17) is 4.52 Å². The maximum absolute atomic E-state index is 12.1. The zero-order valence-electron chi connectivity index (χ0n) is 14.2. The van der Waals surface area contributed by atoms with E-state index in [0.717, 1.165) is 42.2 Å². The topological polar surface area (TPSA) is 110 Å². The van der Waals surface area contributed by atoms with Gasteiger partial charge in [0.1, 0.15) is 11.6 Å². The molecule has 1 aliphatic heterocycles. The predicted molar refractivity (Wildman–Crippen MR) is 90.3 cm³/mol. The lowest BCUT2D eigenvalue weighted by Gasteiger charge is -2.17. The molecule has 10 heteroatoms. The van der Waals surface area contributed by atoms with Crippen LogP contribution in [0.3, 0.4) is 0 Å². The van der Waals surface area contributed by atoms with Gasteiger partial charge in [-0.05, 0) is 19.8 Å². The first-order valence-electron chi connectivity index (χ1n) is 8.04. The van der Waals surface area contributed by atoms with Gasteiger partial charge >= 0.3 is 0 Å². The molecule has 0 saturated carbocycles. The maximum Gasteiger partial charge on any atom is 0.240 e. The number of hydrogen-bond donors (Lipinski definition) is 1. The summed E-state index contributed by atoms with van der Waals surface area (Å²) in [7, 11) is -3.57. The molecule has 25 heavy (non-hydrogen) atoms. The lowest BCUT2D eigenvalue weighted by molar-refractivity contribution is -0.116. The lowest BCUT2D eigenvalue weighted by atomic mass is 10.2. The zero-order valence-corrected chi connectivity index (χ0v) is 15.0. The molecule has 0 saturated heterocycles. The second-order valence-electron chi connectivity index (χ2n) is 6.20. The fraction of sp³-hybridized carbons (Fsp3) is 0.533. The Balaban J connectivity index is 1.69. The smallest absolute Gasteiger partial charge is 0.240 e. The molecule has 0 atom stereocenters. The highest BCUT2D eigenvalue weighted by Crippen LogP contribution is 2.16. The van der Waals surface area contributed by atoms with Crippen LogP contribution in [0.1, 0.15) is 30.1 Å². The molecule has 0 unspecified atom stereocenters. The van der Waals surface area contributed by atoms with Crippen molar-refractivity contribution in [3.63, 3.8) is 0 Å². The fourth-order valence-electron chi connectivity index (χ4n) is 2.79. The van der Waals surface area contributed by atoms with E-state index < -0.39 is 15.9 Å². The third kappa shape index (κ3) is 4.45. The number of imidazole rings is 1. The number of sulfonamides is 1. The first kappa shape index (κ1) is 17.6. The predicted octanol–water partition coefficient (Wildman–Crippen LogP) is 0.916. The van der Waals surface area contributed by atoms with Gasteiger partial charge in [-0.2, -0.15) is 4.31 Å². The number of anilines is 1. The van der Waals surface area contributed by atoms with Crippen LogP contribution in [-0.4, -0.2) is 46.1 Å². The van der Waals surface area contributed by atoms with Gasteiger partial charge in [0.15, 0.2) is 5.82 Å². The molecule has 0 fully saturated rings. The Bertz CT molecular complexity index is 847. The van der Waals surface area contributed by atoms with Gasteiger partial charge in [0, 0.05) is 25.2 Å². The molecule has 1 amide bonds. The molecule has 1 N–H and O–H groups in total. The van der Waals surface area contributed by atoms with E-state index in [1.54, 1.807) is 13.0 Å². The zero-order chi connectivity index (χ0) is 18.0. The second-order valence-corrected chi connectivity index (χ2v) is 8.18. The Morgan fingerprint density at radius 1 is 1.44 bits per heavy atom. The molecular formula is C15H21N5O4S. The molecule has 2 aromatic heterocycles. The number of rotatable bonds is 6. The van der Waals surface area contributed by atoms with Crippen molar-refractivity contribution in [3.8, 4) is 0 Å². The molecule has 0 bridgehead atoms. The van der Waals surface area contributed by atoms with E-state index in [1.165, 1.54) is 0 Å². The molecule has 3 heterocycles. The summed E-state index contributed by atoms with van der Waals surface area (Å²) >= 11 is 0. The van der Waals surface area contributed by atoms with Gasteiger partial charge in [-0.25, -0.2) is 13.4 Å². The molecule has 2 aromatic rings. The van der Waals surface area contributed by atoms with Crippen molar-refractivity contribution in [2.45, 2.75) is 39.3 Å². The summed E-state index contributed by atoms with van der Waals surface area (Å²) in [6.07, 6.45) is 6.02. The summed E-state index contributed by atoms with van der Waals surface area (Å²) < 4.78 is 32.1. The highest BCUT2D eigenvalue weighted by atomic mass is 32.2. The number of aryl methyl sites for hydroxylation is 3. The quantitative estimate of drug-likeness (QED) is 0.813. The SMILES string of the molecule is Cc1cc(NC(=O)CN(Cc2cn3c(n2)CCCC3)S(C)(=O)=O)no1. The average Bonchev–Trinajstić information content (AvgIpc) is 3.11. The van der Waals surface area contributed by atoms with Crippen LogP contribution in [0, 0.1) is 6.92 Å². The van der Waals surface area contributed by atoms with Crippen molar-refractivity contribution in [2.75, 3.05) is 18.1 Å². The summed E-state index contributed by atoms with van der Waals surface area (Å²) in [5, 5.41) is 6.19. The Hall–Kier alpha value is -2.20. The van der Waals surface area contributed by atoms with Gasteiger partial charge in [0.25, 0.3) is 0 Å². The van der Waals surface area contributed by atoms with Crippen LogP contribution < -0.4 is 5.32 Å². The van der Waals surface area contributed by atoms with Gasteiger partial charge in [-0.1, -0.05) is 5.16 Å². The van der Waals surface area contributed by atoms with Crippen molar-refractivity contribution in [1.29, 1.82) is 0 Å². The summed E-state index contributed by atoms with van der Waals surface area (Å²) in [4.78, 5) is 16.6. The Morgan fingerprint density at radius 2 is 2.24 bits per heavy atom. The highest BCUT2D eigenvalue weighted by Gasteiger charge is 2.23. The molecule has 9 nitrogen and oxygen atoms in total. The first-order chi connectivity index (χ1) is 11.8. The molecule has 0 aromatic carbocycles. The molecule has 0 radical (unpaired) electrons. The minimum absolute atomic E-state index is 0.0596. The lowest BCUT2D eigenvalue weighted by Crippen LogP contribution is -2.37. The summed E-state index contributed by atoms with van der Waals surface area (Å²) in [6.45, 7) is 2.34. The maximum atomic E-state index is 12.1. The van der Waals surface area contributed by atoms with Crippen LogP contribution in [-0.2, 0) is 34.3 Å². The average molecular weight is 367 g/mol. The standard InChI is InChI=1S/C15H21N5O4S/c1-11-7-13(18-24-11)17-15(21)10-20(25(2,22)23)9-12-8-19-6-4-3-5-14(19)16-12/h7-8H,3-6,9-10H2,1-2H3,(H,17,18,21). The van der Waals surface area contributed by atoms with Gasteiger partial charge in [-0.3, -0.25) is 4.79 Å². The minimum Gasteiger partial charge on any atom is -0.360 e. The van der Waals surface area contributed by atoms with E-state index >= 15 is 0 Å². The number of carbonyl (C=O) groups excluding carboxylic acids is 1. The number of hydrogen-bond acceptors (Lipinski definition) is 6. The second kappa shape index (κ2) is 6.96. The fourth-order valence-corrected chi connectivity index (χ4v) is 3.51. The van der Waals surface area contributed by atoms with Gasteiger partial charge in [-0.15, -0.1) is 0 Å². The van der Waals surface area contributed by atoms with Crippen LogP contribution in [0.5, 0.6) is 0 Å². The van der Waals surface area contributed by atoms with Crippen LogP contribution in [0.4, 0.5) is 5.82 Å². The van der Waals surface area contributed by atoms with E-state index in [1.807, 2.05) is 6.20 Å². The van der Waals surface area contributed by atoms with Crippen LogP contribution in [0.2, 0.25) is 0 Å².